The van der Waals surface area contributed by atoms with Gasteiger partial charge in [0.25, 0.3) is 0 Å². The molecule has 0 aromatic heterocycles. The first-order valence-electron chi connectivity index (χ1n) is 6.76. The molecule has 100 valence electrons. The number of carbonyl (C=O) groups is 1. The van der Waals surface area contributed by atoms with E-state index in [0.717, 1.165) is 0 Å². The summed E-state index contributed by atoms with van der Waals surface area (Å²) in [5.41, 5.74) is 0.333. The van der Waals surface area contributed by atoms with Gasteiger partial charge in [-0.2, -0.15) is 0 Å². The topological polar surface area (TPSA) is 32.3 Å². The largest absolute Gasteiger partial charge is 0.348 e. The van der Waals surface area contributed by atoms with Crippen LogP contribution < -0.4 is 5.32 Å². The molecule has 1 aliphatic carbocycles. The van der Waals surface area contributed by atoms with Crippen molar-refractivity contribution in [2.75, 3.05) is 20.6 Å². The van der Waals surface area contributed by atoms with E-state index in [-0.39, 0.29) is 5.91 Å². The molecule has 0 bridgehead atoms. The number of carbonyl (C=O) groups excluding carboxylic acids is 1. The van der Waals surface area contributed by atoms with Gasteiger partial charge in [-0.1, -0.05) is 33.6 Å². The fourth-order valence-corrected chi connectivity index (χ4v) is 2.79. The van der Waals surface area contributed by atoms with Crippen LogP contribution in [-0.2, 0) is 4.79 Å². The summed E-state index contributed by atoms with van der Waals surface area (Å²) in [5, 5.41) is 3.47. The summed E-state index contributed by atoms with van der Waals surface area (Å²) in [7, 11) is 3.62. The van der Waals surface area contributed by atoms with E-state index in [2.05, 4.69) is 26.1 Å². The molecule has 0 heterocycles. The molecule has 3 heteroatoms. The molecule has 0 unspecified atom stereocenters. The minimum atomic E-state index is 0.170. The van der Waals surface area contributed by atoms with Crippen LogP contribution >= 0.6 is 0 Å². The lowest BCUT2D eigenvalue weighted by Gasteiger charge is -2.41. The zero-order valence-electron chi connectivity index (χ0n) is 12.0. The quantitative estimate of drug-likeness (QED) is 0.821. The van der Waals surface area contributed by atoms with Crippen LogP contribution in [0.4, 0.5) is 0 Å². The molecule has 17 heavy (non-hydrogen) atoms. The minimum absolute atomic E-state index is 0.170. The zero-order valence-corrected chi connectivity index (χ0v) is 12.0. The van der Waals surface area contributed by atoms with Crippen LogP contribution in [0.3, 0.4) is 0 Å². The molecule has 0 aliphatic heterocycles. The lowest BCUT2D eigenvalue weighted by Crippen LogP contribution is -2.47. The van der Waals surface area contributed by atoms with E-state index < -0.39 is 0 Å². The third-order valence-electron chi connectivity index (χ3n) is 3.89. The fourth-order valence-electron chi connectivity index (χ4n) is 2.79. The van der Waals surface area contributed by atoms with E-state index in [1.165, 1.54) is 25.7 Å². The van der Waals surface area contributed by atoms with E-state index in [1.807, 2.05) is 14.1 Å². The summed E-state index contributed by atoms with van der Waals surface area (Å²) < 4.78 is 0. The maximum atomic E-state index is 11.6. The number of nitrogens with one attached hydrogen (secondary N) is 1. The Hall–Kier alpha value is -0.570. The van der Waals surface area contributed by atoms with E-state index in [1.54, 1.807) is 4.90 Å². The second-order valence-corrected chi connectivity index (χ2v) is 6.53. The summed E-state index contributed by atoms with van der Waals surface area (Å²) in [6.45, 7) is 7.41. The van der Waals surface area contributed by atoms with Crippen LogP contribution in [0.25, 0.3) is 0 Å². The molecule has 1 fully saturated rings. The van der Waals surface area contributed by atoms with Gasteiger partial charge >= 0.3 is 0 Å². The van der Waals surface area contributed by atoms with Gasteiger partial charge in [-0.3, -0.25) is 4.79 Å². The van der Waals surface area contributed by atoms with Crippen molar-refractivity contribution in [1.82, 2.24) is 10.2 Å². The average molecular weight is 240 g/mol. The van der Waals surface area contributed by atoms with Crippen molar-refractivity contribution in [2.45, 2.75) is 52.5 Å². The predicted octanol–water partition coefficient (Wildman–Crippen LogP) is 2.27. The monoisotopic (exact) mass is 240 g/mol. The highest BCUT2D eigenvalue weighted by Crippen LogP contribution is 2.37. The van der Waals surface area contributed by atoms with Gasteiger partial charge in [0, 0.05) is 20.1 Å². The molecular formula is C14H28N2O. The average Bonchev–Trinajstić information content (AvgIpc) is 2.24. The van der Waals surface area contributed by atoms with Gasteiger partial charge in [-0.25, -0.2) is 0 Å². The molecule has 0 radical (unpaired) electrons. The van der Waals surface area contributed by atoms with Crippen LogP contribution in [0.5, 0.6) is 0 Å². The number of rotatable bonds is 3. The van der Waals surface area contributed by atoms with Crippen molar-refractivity contribution in [3.8, 4) is 0 Å². The molecule has 0 aromatic carbocycles. The Kier molecular flexibility index (Phi) is 4.99. The van der Waals surface area contributed by atoms with Crippen molar-refractivity contribution in [3.05, 3.63) is 0 Å². The van der Waals surface area contributed by atoms with Crippen LogP contribution in [0.1, 0.15) is 46.5 Å². The van der Waals surface area contributed by atoms with E-state index in [4.69, 9.17) is 0 Å². The van der Waals surface area contributed by atoms with Crippen molar-refractivity contribution < 1.29 is 4.79 Å². The molecule has 0 aromatic rings. The van der Waals surface area contributed by atoms with E-state index in [0.29, 0.717) is 23.9 Å². The van der Waals surface area contributed by atoms with E-state index in [9.17, 15) is 4.79 Å². The van der Waals surface area contributed by atoms with Gasteiger partial charge in [0.05, 0.1) is 6.54 Å². The summed E-state index contributed by atoms with van der Waals surface area (Å²) in [4.78, 5) is 13.3. The Morgan fingerprint density at radius 2 is 1.82 bits per heavy atom. The zero-order chi connectivity index (χ0) is 13.1. The van der Waals surface area contributed by atoms with Crippen LogP contribution in [-0.4, -0.2) is 37.5 Å². The summed E-state index contributed by atoms with van der Waals surface area (Å²) >= 11 is 0. The Labute approximate surface area is 106 Å². The lowest BCUT2D eigenvalue weighted by molar-refractivity contribution is -0.128. The first-order valence-corrected chi connectivity index (χ1v) is 6.76. The van der Waals surface area contributed by atoms with Gasteiger partial charge in [0.2, 0.25) is 5.91 Å². The molecule has 3 nitrogen and oxygen atoms in total. The van der Waals surface area contributed by atoms with Crippen LogP contribution in [0, 0.1) is 11.3 Å². The van der Waals surface area contributed by atoms with Crippen molar-refractivity contribution >= 4 is 5.91 Å². The van der Waals surface area contributed by atoms with Crippen molar-refractivity contribution in [2.24, 2.45) is 11.3 Å². The highest BCUT2D eigenvalue weighted by Gasteiger charge is 2.33. The molecule has 1 rings (SSSR count). The SMILES string of the molecule is CN(C)C(=O)CN[C@H]1CCCC[C@H]1C(C)(C)C. The molecule has 1 aliphatic rings. The number of hydrogen-bond donors (Lipinski definition) is 1. The summed E-state index contributed by atoms with van der Waals surface area (Å²) in [5.74, 6) is 0.856. The normalized spacial score (nSPS) is 25.7. The van der Waals surface area contributed by atoms with Gasteiger partial charge < -0.3 is 10.2 Å². The Morgan fingerprint density at radius 3 is 2.35 bits per heavy atom. The first-order chi connectivity index (χ1) is 7.82. The molecule has 0 spiro atoms. The Morgan fingerprint density at radius 1 is 1.24 bits per heavy atom. The first kappa shape index (κ1) is 14.5. The number of nitrogens with zero attached hydrogens (tertiary/aromatic N) is 1. The Bertz CT molecular complexity index is 255. The molecule has 1 N–H and O–H groups in total. The third kappa shape index (κ3) is 4.30. The molecular weight excluding hydrogens is 212 g/mol. The highest BCUT2D eigenvalue weighted by atomic mass is 16.2. The number of likely N-dealkylation sites (N-methyl/N-ethyl adjacent to an activating group) is 1. The van der Waals surface area contributed by atoms with Crippen molar-refractivity contribution in [1.29, 1.82) is 0 Å². The molecule has 2 atom stereocenters. The maximum absolute atomic E-state index is 11.6. The molecule has 1 saturated carbocycles. The maximum Gasteiger partial charge on any atom is 0.236 e. The van der Waals surface area contributed by atoms with Gasteiger partial charge in [-0.05, 0) is 24.2 Å². The van der Waals surface area contributed by atoms with Gasteiger partial charge in [-0.15, -0.1) is 0 Å². The van der Waals surface area contributed by atoms with Gasteiger partial charge in [0.15, 0.2) is 0 Å². The molecule has 1 amide bonds. The minimum Gasteiger partial charge on any atom is -0.348 e. The smallest absolute Gasteiger partial charge is 0.236 e. The second-order valence-electron chi connectivity index (χ2n) is 6.53. The predicted molar refractivity (Wildman–Crippen MR) is 71.9 cm³/mol. The summed E-state index contributed by atoms with van der Waals surface area (Å²) in [6, 6.07) is 0.507. The standard InChI is InChI=1S/C14H28N2O/c1-14(2,3)11-8-6-7-9-12(11)15-10-13(17)16(4)5/h11-12,15H,6-10H2,1-5H3/t11-,12+/m1/s1. The second kappa shape index (κ2) is 5.85. The fraction of sp³-hybridized carbons (Fsp3) is 0.929. The number of amides is 1. The van der Waals surface area contributed by atoms with Gasteiger partial charge in [0.1, 0.15) is 0 Å². The van der Waals surface area contributed by atoms with Crippen LogP contribution in [0.2, 0.25) is 0 Å². The van der Waals surface area contributed by atoms with Crippen LogP contribution in [0.15, 0.2) is 0 Å². The molecule has 0 saturated heterocycles. The highest BCUT2D eigenvalue weighted by molar-refractivity contribution is 5.77. The third-order valence-corrected chi connectivity index (χ3v) is 3.89. The number of hydrogen-bond acceptors (Lipinski definition) is 2. The lowest BCUT2D eigenvalue weighted by atomic mass is 9.69. The van der Waals surface area contributed by atoms with E-state index >= 15 is 0 Å². The van der Waals surface area contributed by atoms with Crippen molar-refractivity contribution in [3.63, 3.8) is 0 Å². The summed E-state index contributed by atoms with van der Waals surface area (Å²) in [6.07, 6.45) is 5.13. The Balaban J connectivity index is 2.52.